The van der Waals surface area contributed by atoms with E-state index < -0.39 is 0 Å². The molecule has 0 saturated carbocycles. The summed E-state index contributed by atoms with van der Waals surface area (Å²) in [4.78, 5) is 23.2. The van der Waals surface area contributed by atoms with Crippen LogP contribution in [0.25, 0.3) is 0 Å². The molecule has 1 aliphatic rings. The van der Waals surface area contributed by atoms with Gasteiger partial charge in [0.25, 0.3) is 5.91 Å². The van der Waals surface area contributed by atoms with Gasteiger partial charge in [-0.1, -0.05) is 13.8 Å². The number of aryl methyl sites for hydroxylation is 2. The zero-order valence-corrected chi connectivity index (χ0v) is 14.1. The predicted octanol–water partition coefficient (Wildman–Crippen LogP) is 2.48. The summed E-state index contributed by atoms with van der Waals surface area (Å²) in [6, 6.07) is 0.170. The first-order valence-electron chi connectivity index (χ1n) is 8.09. The number of hydrogen-bond acceptors (Lipinski definition) is 5. The third-order valence-electron chi connectivity index (χ3n) is 4.26. The predicted molar refractivity (Wildman–Crippen MR) is 84.3 cm³/mol. The Morgan fingerprint density at radius 2 is 2.17 bits per heavy atom. The number of carbonyl (C=O) groups excluding carboxylic acids is 1. The molecule has 0 radical (unpaired) electrons. The maximum absolute atomic E-state index is 12.8. The third-order valence-corrected chi connectivity index (χ3v) is 4.26. The minimum Gasteiger partial charge on any atom is -0.447 e. The Morgan fingerprint density at radius 3 is 2.83 bits per heavy atom. The van der Waals surface area contributed by atoms with Gasteiger partial charge in [0.2, 0.25) is 0 Å². The highest BCUT2D eigenvalue weighted by atomic mass is 16.3. The van der Waals surface area contributed by atoms with E-state index >= 15 is 0 Å². The maximum atomic E-state index is 12.8. The minimum absolute atomic E-state index is 0.0540. The van der Waals surface area contributed by atoms with Crippen molar-refractivity contribution >= 4 is 5.91 Å². The Morgan fingerprint density at radius 1 is 1.39 bits per heavy atom. The molecule has 2 aromatic heterocycles. The SMILES string of the molecule is Cc1nc(C)n([C@H]2CCCN(C(=O)c3ncoc3C(C)C)C2)n1. The number of hydrogen-bond donors (Lipinski definition) is 0. The molecular formula is C16H23N5O2. The molecule has 1 fully saturated rings. The standard InChI is InChI=1S/C16H23N5O2/c1-10(2)15-14(17-9-23-15)16(22)20-7-5-6-13(8-20)21-12(4)18-11(3)19-21/h9-10,13H,5-8H2,1-4H3/t13-/m0/s1. The molecular weight excluding hydrogens is 294 g/mol. The molecule has 1 amide bonds. The summed E-state index contributed by atoms with van der Waals surface area (Å²) in [5.41, 5.74) is 0.437. The van der Waals surface area contributed by atoms with Crippen LogP contribution in [0.3, 0.4) is 0 Å². The number of aromatic nitrogens is 4. The summed E-state index contributed by atoms with van der Waals surface area (Å²) in [6.07, 6.45) is 3.31. The van der Waals surface area contributed by atoms with Gasteiger partial charge in [0.15, 0.2) is 12.1 Å². The summed E-state index contributed by atoms with van der Waals surface area (Å²) in [5.74, 6) is 2.40. The van der Waals surface area contributed by atoms with Crippen LogP contribution in [0.15, 0.2) is 10.8 Å². The van der Waals surface area contributed by atoms with Gasteiger partial charge < -0.3 is 9.32 Å². The monoisotopic (exact) mass is 317 g/mol. The summed E-state index contributed by atoms with van der Waals surface area (Å²) >= 11 is 0. The van der Waals surface area contributed by atoms with E-state index in [2.05, 4.69) is 15.1 Å². The summed E-state index contributed by atoms with van der Waals surface area (Å²) < 4.78 is 7.33. The molecule has 0 unspecified atom stereocenters. The van der Waals surface area contributed by atoms with Crippen LogP contribution in [0.2, 0.25) is 0 Å². The van der Waals surface area contributed by atoms with E-state index in [0.717, 1.165) is 31.0 Å². The molecule has 23 heavy (non-hydrogen) atoms. The Kier molecular flexibility index (Phi) is 4.19. The van der Waals surface area contributed by atoms with Crippen LogP contribution in [-0.2, 0) is 0 Å². The first kappa shape index (κ1) is 15.7. The number of likely N-dealkylation sites (tertiary alicyclic amines) is 1. The van der Waals surface area contributed by atoms with E-state index in [9.17, 15) is 4.79 Å². The van der Waals surface area contributed by atoms with Gasteiger partial charge >= 0.3 is 0 Å². The minimum atomic E-state index is -0.0540. The van der Waals surface area contributed by atoms with Gasteiger partial charge in [-0.3, -0.25) is 4.79 Å². The number of carbonyl (C=O) groups is 1. The molecule has 124 valence electrons. The Hall–Kier alpha value is -2.18. The Labute approximate surface area is 135 Å². The van der Waals surface area contributed by atoms with Crippen molar-refractivity contribution in [2.75, 3.05) is 13.1 Å². The number of oxazole rings is 1. The topological polar surface area (TPSA) is 77.0 Å². The smallest absolute Gasteiger partial charge is 0.276 e. The van der Waals surface area contributed by atoms with E-state index in [4.69, 9.17) is 4.42 Å². The molecule has 3 rings (SSSR count). The second-order valence-corrected chi connectivity index (χ2v) is 6.42. The van der Waals surface area contributed by atoms with E-state index in [-0.39, 0.29) is 17.9 Å². The van der Waals surface area contributed by atoms with Crippen LogP contribution >= 0.6 is 0 Å². The van der Waals surface area contributed by atoms with Crippen LogP contribution in [0.5, 0.6) is 0 Å². The molecule has 0 aromatic carbocycles. The largest absolute Gasteiger partial charge is 0.447 e. The van der Waals surface area contributed by atoms with Gasteiger partial charge in [0.1, 0.15) is 17.4 Å². The zero-order chi connectivity index (χ0) is 16.6. The highest BCUT2D eigenvalue weighted by molar-refractivity contribution is 5.93. The quantitative estimate of drug-likeness (QED) is 0.869. The fraction of sp³-hybridized carbons (Fsp3) is 0.625. The van der Waals surface area contributed by atoms with Crippen molar-refractivity contribution in [2.24, 2.45) is 0 Å². The molecule has 1 aliphatic heterocycles. The first-order valence-corrected chi connectivity index (χ1v) is 8.09. The van der Waals surface area contributed by atoms with Crippen LogP contribution in [0, 0.1) is 13.8 Å². The molecule has 7 heteroatoms. The molecule has 1 atom stereocenters. The van der Waals surface area contributed by atoms with E-state index in [0.29, 0.717) is 18.0 Å². The molecule has 0 spiro atoms. The average Bonchev–Trinajstić information content (AvgIpc) is 3.13. The maximum Gasteiger partial charge on any atom is 0.276 e. The van der Waals surface area contributed by atoms with Crippen molar-refractivity contribution < 1.29 is 9.21 Å². The second-order valence-electron chi connectivity index (χ2n) is 6.42. The molecule has 0 bridgehead atoms. The highest BCUT2D eigenvalue weighted by Crippen LogP contribution is 2.25. The lowest BCUT2D eigenvalue weighted by atomic mass is 10.0. The van der Waals surface area contributed by atoms with Crippen molar-refractivity contribution in [3.63, 3.8) is 0 Å². The Balaban J connectivity index is 1.79. The van der Waals surface area contributed by atoms with Crippen molar-refractivity contribution in [2.45, 2.75) is 52.5 Å². The second kappa shape index (κ2) is 6.14. The van der Waals surface area contributed by atoms with Crippen LogP contribution in [-0.4, -0.2) is 43.6 Å². The third kappa shape index (κ3) is 3.00. The van der Waals surface area contributed by atoms with Gasteiger partial charge in [-0.15, -0.1) is 0 Å². The van der Waals surface area contributed by atoms with E-state index in [1.54, 1.807) is 0 Å². The van der Waals surface area contributed by atoms with Gasteiger partial charge in [-0.05, 0) is 26.7 Å². The lowest BCUT2D eigenvalue weighted by Gasteiger charge is -2.32. The average molecular weight is 317 g/mol. The number of rotatable bonds is 3. The van der Waals surface area contributed by atoms with Crippen molar-refractivity contribution in [1.82, 2.24) is 24.6 Å². The molecule has 7 nitrogen and oxygen atoms in total. The first-order chi connectivity index (χ1) is 11.0. The highest BCUT2D eigenvalue weighted by Gasteiger charge is 2.30. The molecule has 0 N–H and O–H groups in total. The van der Waals surface area contributed by atoms with Crippen molar-refractivity contribution in [3.8, 4) is 0 Å². The molecule has 1 saturated heterocycles. The normalized spacial score (nSPS) is 18.7. The van der Waals surface area contributed by atoms with Crippen LogP contribution in [0.1, 0.15) is 66.5 Å². The van der Waals surface area contributed by atoms with E-state index in [1.165, 1.54) is 6.39 Å². The lowest BCUT2D eigenvalue weighted by molar-refractivity contribution is 0.0663. The zero-order valence-electron chi connectivity index (χ0n) is 14.1. The van der Waals surface area contributed by atoms with Gasteiger partial charge in [0, 0.05) is 19.0 Å². The number of piperidine rings is 1. The fourth-order valence-electron chi connectivity index (χ4n) is 3.20. The van der Waals surface area contributed by atoms with Crippen LogP contribution in [0.4, 0.5) is 0 Å². The molecule has 0 aliphatic carbocycles. The van der Waals surface area contributed by atoms with Gasteiger partial charge in [-0.2, -0.15) is 5.10 Å². The van der Waals surface area contributed by atoms with Crippen molar-refractivity contribution in [1.29, 1.82) is 0 Å². The van der Waals surface area contributed by atoms with Crippen molar-refractivity contribution in [3.05, 3.63) is 29.5 Å². The summed E-state index contributed by atoms with van der Waals surface area (Å²) in [7, 11) is 0. The summed E-state index contributed by atoms with van der Waals surface area (Å²) in [6.45, 7) is 9.21. The molecule has 2 aromatic rings. The van der Waals surface area contributed by atoms with Crippen LogP contribution < -0.4 is 0 Å². The lowest BCUT2D eigenvalue weighted by Crippen LogP contribution is -2.41. The van der Waals surface area contributed by atoms with E-state index in [1.807, 2.05) is 37.3 Å². The summed E-state index contributed by atoms with van der Waals surface area (Å²) in [5, 5.41) is 4.47. The molecule has 3 heterocycles. The Bertz CT molecular complexity index is 703. The van der Waals surface area contributed by atoms with Gasteiger partial charge in [-0.25, -0.2) is 14.6 Å². The number of nitrogens with zero attached hydrogens (tertiary/aromatic N) is 5. The van der Waals surface area contributed by atoms with Gasteiger partial charge in [0.05, 0.1) is 6.04 Å². The fourth-order valence-corrected chi connectivity index (χ4v) is 3.20. The number of amides is 1.